The van der Waals surface area contributed by atoms with Gasteiger partial charge in [-0.25, -0.2) is 13.2 Å². The lowest BCUT2D eigenvalue weighted by Crippen LogP contribution is -2.09. The summed E-state index contributed by atoms with van der Waals surface area (Å²) < 4.78 is 32.6. The highest BCUT2D eigenvalue weighted by atomic mass is 35.7. The molecule has 112 valence electrons. The molecule has 1 rings (SSSR count). The van der Waals surface area contributed by atoms with Crippen molar-refractivity contribution < 1.29 is 22.7 Å². The van der Waals surface area contributed by atoms with Crippen molar-refractivity contribution in [1.29, 1.82) is 0 Å². The molecule has 5 nitrogen and oxygen atoms in total. The summed E-state index contributed by atoms with van der Waals surface area (Å²) in [6.07, 6.45) is 0.544. The second-order valence-corrected chi connectivity index (χ2v) is 6.94. The normalized spacial score (nSPS) is 11.4. The van der Waals surface area contributed by atoms with Crippen LogP contribution in [0.4, 0.5) is 0 Å². The largest absolute Gasteiger partial charge is 0.462 e. The van der Waals surface area contributed by atoms with E-state index in [-0.39, 0.29) is 27.7 Å². The Hall–Kier alpha value is -0.820. The highest BCUT2D eigenvalue weighted by molar-refractivity contribution is 8.13. The van der Waals surface area contributed by atoms with Crippen LogP contribution in [0.1, 0.15) is 22.3 Å². The standard InChI is InChI=1S/C12H14Cl2O5S/c1-8-10(13)6-9(7-11(8)20(14,16)17)12(15)19-5-3-4-18-2/h6-7H,3-5H2,1-2H3. The Labute approximate surface area is 127 Å². The molecule has 0 aromatic heterocycles. The molecule has 0 amide bonds. The van der Waals surface area contributed by atoms with Gasteiger partial charge in [-0.1, -0.05) is 11.6 Å². The molecule has 8 heteroatoms. The monoisotopic (exact) mass is 340 g/mol. The summed E-state index contributed by atoms with van der Waals surface area (Å²) in [5.74, 6) is -0.662. The van der Waals surface area contributed by atoms with Crippen molar-refractivity contribution in [2.24, 2.45) is 0 Å². The minimum absolute atomic E-state index is 0.0391. The highest BCUT2D eigenvalue weighted by Crippen LogP contribution is 2.28. The van der Waals surface area contributed by atoms with E-state index < -0.39 is 15.0 Å². The summed E-state index contributed by atoms with van der Waals surface area (Å²) in [4.78, 5) is 11.6. The summed E-state index contributed by atoms with van der Waals surface area (Å²) in [7, 11) is 2.86. The van der Waals surface area contributed by atoms with Crippen molar-refractivity contribution >= 4 is 37.3 Å². The maximum absolute atomic E-state index is 11.8. The molecule has 0 bridgehead atoms. The van der Waals surface area contributed by atoms with E-state index in [1.165, 1.54) is 13.0 Å². The van der Waals surface area contributed by atoms with E-state index in [1.807, 2.05) is 0 Å². The maximum atomic E-state index is 11.8. The van der Waals surface area contributed by atoms with Crippen LogP contribution in [0.15, 0.2) is 17.0 Å². The zero-order valence-electron chi connectivity index (χ0n) is 11.0. The van der Waals surface area contributed by atoms with Gasteiger partial charge in [-0.2, -0.15) is 0 Å². The van der Waals surface area contributed by atoms with Crippen molar-refractivity contribution in [3.63, 3.8) is 0 Å². The van der Waals surface area contributed by atoms with Gasteiger partial charge in [0.05, 0.1) is 17.1 Å². The first-order chi connectivity index (χ1) is 9.27. The van der Waals surface area contributed by atoms with Crippen molar-refractivity contribution in [3.8, 4) is 0 Å². The van der Waals surface area contributed by atoms with E-state index in [1.54, 1.807) is 7.11 Å². The molecule has 0 heterocycles. The van der Waals surface area contributed by atoms with Crippen LogP contribution in [0.2, 0.25) is 5.02 Å². The molecule has 20 heavy (non-hydrogen) atoms. The molecule has 0 saturated carbocycles. The zero-order valence-corrected chi connectivity index (χ0v) is 13.3. The van der Waals surface area contributed by atoms with Gasteiger partial charge in [-0.3, -0.25) is 0 Å². The minimum atomic E-state index is -3.98. The van der Waals surface area contributed by atoms with Crippen molar-refractivity contribution in [1.82, 2.24) is 0 Å². The quantitative estimate of drug-likeness (QED) is 0.452. The van der Waals surface area contributed by atoms with Crippen LogP contribution in [0, 0.1) is 6.92 Å². The fourth-order valence-corrected chi connectivity index (χ4v) is 2.98. The summed E-state index contributed by atoms with van der Waals surface area (Å²) in [5, 5.41) is 0.135. The number of hydrogen-bond acceptors (Lipinski definition) is 5. The van der Waals surface area contributed by atoms with E-state index in [2.05, 4.69) is 0 Å². The molecular weight excluding hydrogens is 327 g/mol. The molecule has 1 aromatic rings. The Balaban J connectivity index is 2.97. The van der Waals surface area contributed by atoms with Crippen LogP contribution in [0.5, 0.6) is 0 Å². The third kappa shape index (κ3) is 4.63. The topological polar surface area (TPSA) is 69.7 Å². The molecule has 0 saturated heterocycles. The van der Waals surface area contributed by atoms with Gasteiger partial charge in [-0.05, 0) is 24.6 Å². The van der Waals surface area contributed by atoms with Gasteiger partial charge in [0.25, 0.3) is 9.05 Å². The first kappa shape index (κ1) is 17.2. The number of hydrogen-bond donors (Lipinski definition) is 0. The number of ether oxygens (including phenoxy) is 2. The highest BCUT2D eigenvalue weighted by Gasteiger charge is 2.20. The first-order valence-corrected chi connectivity index (χ1v) is 8.37. The number of halogens is 2. The van der Waals surface area contributed by atoms with E-state index in [9.17, 15) is 13.2 Å². The molecular formula is C12H14Cl2O5S. The average molecular weight is 341 g/mol. The Morgan fingerprint density at radius 1 is 1.30 bits per heavy atom. The molecule has 0 aliphatic carbocycles. The SMILES string of the molecule is COCCCOC(=O)c1cc(Cl)c(C)c(S(=O)(=O)Cl)c1. The summed E-state index contributed by atoms with van der Waals surface area (Å²) >= 11 is 5.90. The fourth-order valence-electron chi connectivity index (χ4n) is 1.48. The number of rotatable bonds is 6. The zero-order chi connectivity index (χ0) is 15.3. The summed E-state index contributed by atoms with van der Waals surface area (Å²) in [6.45, 7) is 2.13. The molecule has 0 aliphatic heterocycles. The number of methoxy groups -OCH3 is 1. The molecule has 0 fully saturated rings. The Morgan fingerprint density at radius 3 is 2.50 bits per heavy atom. The number of esters is 1. The first-order valence-electron chi connectivity index (χ1n) is 5.68. The molecule has 0 atom stereocenters. The summed E-state index contributed by atoms with van der Waals surface area (Å²) in [5.41, 5.74) is 0.329. The third-order valence-corrected chi connectivity index (χ3v) is 4.36. The van der Waals surface area contributed by atoms with Crippen LogP contribution in [-0.2, 0) is 18.5 Å². The van der Waals surface area contributed by atoms with Gasteiger partial charge in [-0.15, -0.1) is 0 Å². The summed E-state index contributed by atoms with van der Waals surface area (Å²) in [6, 6.07) is 2.50. The predicted molar refractivity (Wildman–Crippen MR) is 76.0 cm³/mol. The second-order valence-electron chi connectivity index (χ2n) is 4.00. The molecule has 1 aromatic carbocycles. The number of carbonyl (C=O) groups excluding carboxylic acids is 1. The molecule has 0 N–H and O–H groups in total. The molecule has 0 spiro atoms. The van der Waals surface area contributed by atoms with Gasteiger partial charge < -0.3 is 9.47 Å². The lowest BCUT2D eigenvalue weighted by atomic mass is 10.1. The van der Waals surface area contributed by atoms with Crippen LogP contribution < -0.4 is 0 Å². The average Bonchev–Trinajstić information content (AvgIpc) is 2.36. The van der Waals surface area contributed by atoms with E-state index in [0.717, 1.165) is 6.07 Å². The van der Waals surface area contributed by atoms with Crippen molar-refractivity contribution in [2.75, 3.05) is 20.3 Å². The van der Waals surface area contributed by atoms with E-state index in [0.29, 0.717) is 13.0 Å². The number of benzene rings is 1. The second kappa shape index (κ2) is 7.26. The lowest BCUT2D eigenvalue weighted by molar-refractivity contribution is 0.0468. The van der Waals surface area contributed by atoms with Crippen LogP contribution in [0.25, 0.3) is 0 Å². The maximum Gasteiger partial charge on any atom is 0.338 e. The van der Waals surface area contributed by atoms with Gasteiger partial charge >= 0.3 is 5.97 Å². The Kier molecular flexibility index (Phi) is 6.26. The van der Waals surface area contributed by atoms with Gasteiger partial charge in [0.15, 0.2) is 0 Å². The van der Waals surface area contributed by atoms with Gasteiger partial charge in [0.1, 0.15) is 0 Å². The van der Waals surface area contributed by atoms with E-state index in [4.69, 9.17) is 31.8 Å². The molecule has 0 aliphatic rings. The lowest BCUT2D eigenvalue weighted by Gasteiger charge is -2.09. The molecule has 0 unspecified atom stereocenters. The third-order valence-electron chi connectivity index (χ3n) is 2.52. The van der Waals surface area contributed by atoms with Crippen molar-refractivity contribution in [3.05, 3.63) is 28.3 Å². The Morgan fingerprint density at radius 2 is 1.95 bits per heavy atom. The Bertz CT molecular complexity index is 598. The minimum Gasteiger partial charge on any atom is -0.462 e. The van der Waals surface area contributed by atoms with Crippen LogP contribution in [0.3, 0.4) is 0 Å². The van der Waals surface area contributed by atoms with Gasteiger partial charge in [0, 0.05) is 35.8 Å². The van der Waals surface area contributed by atoms with Gasteiger partial charge in [0.2, 0.25) is 0 Å². The van der Waals surface area contributed by atoms with Crippen LogP contribution in [-0.4, -0.2) is 34.7 Å². The van der Waals surface area contributed by atoms with Crippen LogP contribution >= 0.6 is 22.3 Å². The van der Waals surface area contributed by atoms with E-state index >= 15 is 0 Å². The smallest absolute Gasteiger partial charge is 0.338 e. The fraction of sp³-hybridized carbons (Fsp3) is 0.417. The molecule has 0 radical (unpaired) electrons. The van der Waals surface area contributed by atoms with Crippen molar-refractivity contribution in [2.45, 2.75) is 18.2 Å². The predicted octanol–water partition coefficient (Wildman–Crippen LogP) is 2.77. The number of carbonyl (C=O) groups is 1.